The first-order chi connectivity index (χ1) is 10.7. The number of nitro benzene ring substituents is 2. The lowest BCUT2D eigenvalue weighted by Crippen LogP contribution is -2.08. The number of hydrogen-bond acceptors (Lipinski definition) is 5. The Bertz CT molecular complexity index is 776. The van der Waals surface area contributed by atoms with E-state index in [-0.39, 0.29) is 11.4 Å². The van der Waals surface area contributed by atoms with Crippen LogP contribution in [0.25, 0.3) is 0 Å². The second-order valence-corrected chi connectivity index (χ2v) is 4.29. The molecule has 0 radical (unpaired) electrons. The summed E-state index contributed by atoms with van der Waals surface area (Å²) in [7, 11) is 0. The van der Waals surface area contributed by atoms with E-state index in [2.05, 4.69) is 0 Å². The molecule has 0 saturated carbocycles. The molecule has 0 aliphatic carbocycles. The van der Waals surface area contributed by atoms with Gasteiger partial charge in [-0.1, -0.05) is 6.07 Å². The molecule has 2 rings (SSSR count). The highest BCUT2D eigenvalue weighted by atomic mass is 19.4. The van der Waals surface area contributed by atoms with Gasteiger partial charge in [0.25, 0.3) is 11.4 Å². The fourth-order valence-corrected chi connectivity index (χ4v) is 1.73. The number of non-ortho nitro benzene ring substituents is 2. The summed E-state index contributed by atoms with van der Waals surface area (Å²) in [6.07, 6.45) is -4.89. The van der Waals surface area contributed by atoms with Gasteiger partial charge in [0.15, 0.2) is 0 Å². The molecule has 0 atom stereocenters. The SMILES string of the molecule is O=[N+]([O-])c1cccc(Oc2ccc([N+](=O)[O-])cc2C(F)(F)F)c1. The van der Waals surface area contributed by atoms with Gasteiger partial charge in [-0.3, -0.25) is 20.2 Å². The van der Waals surface area contributed by atoms with Crippen molar-refractivity contribution in [3.63, 3.8) is 0 Å². The molecule has 120 valence electrons. The quantitative estimate of drug-likeness (QED) is 0.615. The minimum Gasteiger partial charge on any atom is -0.456 e. The maximum atomic E-state index is 13.0. The summed E-state index contributed by atoms with van der Waals surface area (Å²) in [5.41, 5.74) is -2.46. The van der Waals surface area contributed by atoms with Crippen molar-refractivity contribution in [1.29, 1.82) is 0 Å². The average molecular weight is 328 g/mol. The number of benzene rings is 2. The van der Waals surface area contributed by atoms with Crippen LogP contribution in [0.3, 0.4) is 0 Å². The standard InChI is InChI=1S/C13H7F3N2O5/c14-13(15,16)11-7-9(18(21)22)4-5-12(11)23-10-3-1-2-8(6-10)17(19)20/h1-7H. The molecule has 7 nitrogen and oxygen atoms in total. The minimum atomic E-state index is -4.89. The zero-order valence-corrected chi connectivity index (χ0v) is 11.1. The number of halogens is 3. The molecule has 0 aliphatic heterocycles. The normalized spacial score (nSPS) is 11.1. The first-order valence-corrected chi connectivity index (χ1v) is 5.96. The van der Waals surface area contributed by atoms with E-state index < -0.39 is 33.0 Å². The average Bonchev–Trinajstić information content (AvgIpc) is 2.46. The van der Waals surface area contributed by atoms with Crippen LogP contribution >= 0.6 is 0 Å². The third-order valence-electron chi connectivity index (χ3n) is 2.74. The lowest BCUT2D eigenvalue weighted by Gasteiger charge is -2.13. The molecule has 2 aromatic carbocycles. The molecule has 2 aromatic rings. The smallest absolute Gasteiger partial charge is 0.420 e. The van der Waals surface area contributed by atoms with Crippen LogP contribution in [-0.4, -0.2) is 9.85 Å². The molecular formula is C13H7F3N2O5. The minimum absolute atomic E-state index is 0.196. The molecule has 0 aromatic heterocycles. The molecule has 0 heterocycles. The molecule has 0 spiro atoms. The number of nitro groups is 2. The van der Waals surface area contributed by atoms with E-state index in [9.17, 15) is 33.4 Å². The molecule has 0 bridgehead atoms. The van der Waals surface area contributed by atoms with Crippen LogP contribution in [0.2, 0.25) is 0 Å². The fraction of sp³-hybridized carbons (Fsp3) is 0.0769. The lowest BCUT2D eigenvalue weighted by molar-refractivity contribution is -0.385. The number of ether oxygens (including phenoxy) is 1. The van der Waals surface area contributed by atoms with Crippen LogP contribution < -0.4 is 4.74 Å². The summed E-state index contributed by atoms with van der Waals surface area (Å²) < 4.78 is 44.0. The van der Waals surface area contributed by atoms with Crippen LogP contribution in [0, 0.1) is 20.2 Å². The van der Waals surface area contributed by atoms with Gasteiger partial charge in [0.1, 0.15) is 17.1 Å². The zero-order chi connectivity index (χ0) is 17.2. The fourth-order valence-electron chi connectivity index (χ4n) is 1.73. The van der Waals surface area contributed by atoms with E-state index in [0.29, 0.717) is 6.07 Å². The van der Waals surface area contributed by atoms with Gasteiger partial charge < -0.3 is 4.74 Å². The van der Waals surface area contributed by atoms with Crippen LogP contribution in [0.5, 0.6) is 11.5 Å². The van der Waals surface area contributed by atoms with Crippen LogP contribution in [0.15, 0.2) is 42.5 Å². The predicted molar refractivity (Wildman–Crippen MR) is 71.3 cm³/mol. The van der Waals surface area contributed by atoms with Crippen LogP contribution in [0.1, 0.15) is 5.56 Å². The van der Waals surface area contributed by atoms with E-state index in [4.69, 9.17) is 4.74 Å². The Morgan fingerprint density at radius 3 is 2.09 bits per heavy atom. The van der Waals surface area contributed by atoms with E-state index in [1.54, 1.807) is 0 Å². The van der Waals surface area contributed by atoms with Gasteiger partial charge in [-0.15, -0.1) is 0 Å². The highest BCUT2D eigenvalue weighted by Crippen LogP contribution is 2.40. The molecule has 10 heteroatoms. The first kappa shape index (κ1) is 16.2. The van der Waals surface area contributed by atoms with E-state index in [1.807, 2.05) is 0 Å². The highest BCUT2D eigenvalue weighted by molar-refractivity contribution is 5.48. The molecule has 0 aliphatic rings. The molecule has 23 heavy (non-hydrogen) atoms. The van der Waals surface area contributed by atoms with Gasteiger partial charge in [0, 0.05) is 18.2 Å². The summed E-state index contributed by atoms with van der Waals surface area (Å²) in [5, 5.41) is 21.2. The molecular weight excluding hydrogens is 321 g/mol. The number of rotatable bonds is 4. The Balaban J connectivity index is 2.45. The van der Waals surface area contributed by atoms with E-state index in [0.717, 1.165) is 24.3 Å². The lowest BCUT2D eigenvalue weighted by atomic mass is 10.1. The van der Waals surface area contributed by atoms with Gasteiger partial charge in [0.05, 0.1) is 15.9 Å². The summed E-state index contributed by atoms with van der Waals surface area (Å²) in [4.78, 5) is 19.5. The van der Waals surface area contributed by atoms with Crippen molar-refractivity contribution >= 4 is 11.4 Å². The van der Waals surface area contributed by atoms with E-state index >= 15 is 0 Å². The number of alkyl halides is 3. The summed E-state index contributed by atoms with van der Waals surface area (Å²) >= 11 is 0. The predicted octanol–water partition coefficient (Wildman–Crippen LogP) is 4.31. The molecule has 0 amide bonds. The third kappa shape index (κ3) is 3.73. The Kier molecular flexibility index (Phi) is 4.16. The zero-order valence-electron chi connectivity index (χ0n) is 11.1. The van der Waals surface area contributed by atoms with E-state index in [1.165, 1.54) is 12.1 Å². The van der Waals surface area contributed by atoms with Crippen LogP contribution in [-0.2, 0) is 6.18 Å². The molecule has 0 N–H and O–H groups in total. The Morgan fingerprint density at radius 1 is 0.913 bits per heavy atom. The van der Waals surface area contributed by atoms with Crippen molar-refractivity contribution in [1.82, 2.24) is 0 Å². The van der Waals surface area contributed by atoms with Crippen molar-refractivity contribution in [3.05, 3.63) is 68.3 Å². The Hall–Kier alpha value is -3.17. The van der Waals surface area contributed by atoms with Crippen LogP contribution in [0.4, 0.5) is 24.5 Å². The van der Waals surface area contributed by atoms with Gasteiger partial charge in [0.2, 0.25) is 0 Å². The largest absolute Gasteiger partial charge is 0.456 e. The summed E-state index contributed by atoms with van der Waals surface area (Å²) in [6, 6.07) is 6.55. The monoisotopic (exact) mass is 328 g/mol. The second kappa shape index (κ2) is 5.91. The highest BCUT2D eigenvalue weighted by Gasteiger charge is 2.36. The maximum absolute atomic E-state index is 13.0. The summed E-state index contributed by atoms with van der Waals surface area (Å²) in [5.74, 6) is -0.887. The van der Waals surface area contributed by atoms with Gasteiger partial charge in [-0.25, -0.2) is 0 Å². The summed E-state index contributed by atoms with van der Waals surface area (Å²) in [6.45, 7) is 0. The second-order valence-electron chi connectivity index (χ2n) is 4.29. The van der Waals surface area contributed by atoms with Crippen molar-refractivity contribution in [3.8, 4) is 11.5 Å². The van der Waals surface area contributed by atoms with Crippen molar-refractivity contribution in [2.24, 2.45) is 0 Å². The molecule has 0 saturated heterocycles. The Labute approximate surface area is 126 Å². The van der Waals surface area contributed by atoms with Crippen molar-refractivity contribution < 1.29 is 27.8 Å². The van der Waals surface area contributed by atoms with Crippen molar-refractivity contribution in [2.45, 2.75) is 6.18 Å². The molecule has 0 unspecified atom stereocenters. The third-order valence-corrected chi connectivity index (χ3v) is 2.74. The Morgan fingerprint density at radius 2 is 1.52 bits per heavy atom. The number of hydrogen-bond donors (Lipinski definition) is 0. The maximum Gasteiger partial charge on any atom is 0.420 e. The van der Waals surface area contributed by atoms with Crippen molar-refractivity contribution in [2.75, 3.05) is 0 Å². The van der Waals surface area contributed by atoms with Gasteiger partial charge in [-0.2, -0.15) is 13.2 Å². The topological polar surface area (TPSA) is 95.5 Å². The first-order valence-electron chi connectivity index (χ1n) is 5.96. The van der Waals surface area contributed by atoms with Gasteiger partial charge >= 0.3 is 6.18 Å². The number of nitrogens with zero attached hydrogens (tertiary/aromatic N) is 2. The molecule has 0 fully saturated rings. The van der Waals surface area contributed by atoms with Gasteiger partial charge in [-0.05, 0) is 12.1 Å².